The Balaban J connectivity index is 2.30. The molecule has 0 spiro atoms. The van der Waals surface area contributed by atoms with Crippen molar-refractivity contribution in [2.45, 2.75) is 65.3 Å². The number of carbonyl (C=O) groups excluding carboxylic acids is 1. The fraction of sp³-hybridized carbons (Fsp3) is 0.750. The van der Waals surface area contributed by atoms with Crippen molar-refractivity contribution in [3.8, 4) is 0 Å². The third-order valence-electron chi connectivity index (χ3n) is 3.90. The van der Waals surface area contributed by atoms with E-state index in [9.17, 15) is 4.79 Å². The summed E-state index contributed by atoms with van der Waals surface area (Å²) >= 11 is 1.57. The molecule has 0 aliphatic heterocycles. The second kappa shape index (κ2) is 6.70. The number of carbonyl (C=O) groups is 1. The molecule has 1 fully saturated rings. The molecule has 0 aromatic carbocycles. The van der Waals surface area contributed by atoms with E-state index in [1.807, 2.05) is 0 Å². The number of hydrogen-bond donors (Lipinski definition) is 0. The highest BCUT2D eigenvalue weighted by Gasteiger charge is 2.27. The average Bonchev–Trinajstić information content (AvgIpc) is 3.04. The van der Waals surface area contributed by atoms with Gasteiger partial charge in [0.05, 0.1) is 10.6 Å². The van der Waals surface area contributed by atoms with Gasteiger partial charge >= 0.3 is 0 Å². The van der Waals surface area contributed by atoms with Crippen molar-refractivity contribution < 1.29 is 4.79 Å². The number of aldehydes is 1. The fourth-order valence-corrected chi connectivity index (χ4v) is 4.06. The first-order chi connectivity index (χ1) is 9.52. The molecule has 1 aliphatic rings. The van der Waals surface area contributed by atoms with Crippen molar-refractivity contribution in [2.75, 3.05) is 11.4 Å². The second-order valence-electron chi connectivity index (χ2n) is 6.50. The van der Waals surface area contributed by atoms with Gasteiger partial charge in [-0.15, -0.1) is 0 Å². The lowest BCUT2D eigenvalue weighted by atomic mass is 10.1. The molecule has 2 rings (SSSR count). The summed E-state index contributed by atoms with van der Waals surface area (Å²) in [5.74, 6) is 0.923. The molecule has 1 aliphatic carbocycles. The lowest BCUT2D eigenvalue weighted by molar-refractivity contribution is 0.112. The van der Waals surface area contributed by atoms with Crippen molar-refractivity contribution >= 4 is 22.8 Å². The number of aromatic nitrogens is 1. The first kappa shape index (κ1) is 15.5. The quantitative estimate of drug-likeness (QED) is 0.725. The van der Waals surface area contributed by atoms with Crippen LogP contribution in [-0.2, 0) is 0 Å². The zero-order valence-electron chi connectivity index (χ0n) is 13.1. The van der Waals surface area contributed by atoms with Crippen molar-refractivity contribution in [1.82, 2.24) is 4.98 Å². The molecule has 0 bridgehead atoms. The zero-order valence-corrected chi connectivity index (χ0v) is 13.9. The summed E-state index contributed by atoms with van der Waals surface area (Å²) in [7, 11) is 0. The van der Waals surface area contributed by atoms with Crippen molar-refractivity contribution in [1.29, 1.82) is 0 Å². The molecule has 3 nitrogen and oxygen atoms in total. The van der Waals surface area contributed by atoms with Crippen molar-refractivity contribution in [3.05, 3.63) is 10.6 Å². The summed E-state index contributed by atoms with van der Waals surface area (Å²) in [5, 5.41) is 1.05. The van der Waals surface area contributed by atoms with Crippen LogP contribution in [0.15, 0.2) is 0 Å². The van der Waals surface area contributed by atoms with Gasteiger partial charge in [0.15, 0.2) is 11.4 Å². The highest BCUT2D eigenvalue weighted by Crippen LogP contribution is 2.34. The maximum absolute atomic E-state index is 11.3. The Morgan fingerprint density at radius 1 is 1.30 bits per heavy atom. The van der Waals surface area contributed by atoms with Gasteiger partial charge in [0.2, 0.25) is 0 Å². The molecule has 0 amide bonds. The second-order valence-corrected chi connectivity index (χ2v) is 7.51. The number of rotatable bonds is 6. The predicted molar refractivity (Wildman–Crippen MR) is 86.0 cm³/mol. The van der Waals surface area contributed by atoms with Crippen LogP contribution in [0.4, 0.5) is 5.13 Å². The summed E-state index contributed by atoms with van der Waals surface area (Å²) in [6.45, 7) is 9.75. The summed E-state index contributed by atoms with van der Waals surface area (Å²) < 4.78 is 0. The Labute approximate surface area is 126 Å². The molecule has 0 unspecified atom stereocenters. The van der Waals surface area contributed by atoms with Gasteiger partial charge < -0.3 is 4.90 Å². The number of anilines is 1. The van der Waals surface area contributed by atoms with Gasteiger partial charge in [0.1, 0.15) is 0 Å². The number of hydrogen-bond acceptors (Lipinski definition) is 4. The maximum atomic E-state index is 11.3. The van der Waals surface area contributed by atoms with Crippen LogP contribution < -0.4 is 4.90 Å². The van der Waals surface area contributed by atoms with Crippen LogP contribution in [0.25, 0.3) is 0 Å². The first-order valence-electron chi connectivity index (χ1n) is 7.75. The molecular weight excluding hydrogens is 268 g/mol. The molecule has 0 saturated heterocycles. The zero-order chi connectivity index (χ0) is 14.7. The van der Waals surface area contributed by atoms with Gasteiger partial charge in [-0.1, -0.05) is 51.9 Å². The number of nitrogens with zero attached hydrogens (tertiary/aromatic N) is 2. The topological polar surface area (TPSA) is 33.2 Å². The van der Waals surface area contributed by atoms with Crippen molar-refractivity contribution in [3.63, 3.8) is 0 Å². The average molecular weight is 294 g/mol. The Morgan fingerprint density at radius 3 is 2.40 bits per heavy atom. The third-order valence-corrected chi connectivity index (χ3v) is 4.93. The molecule has 1 aromatic heterocycles. The monoisotopic (exact) mass is 294 g/mol. The van der Waals surface area contributed by atoms with Crippen LogP contribution >= 0.6 is 11.3 Å². The summed E-state index contributed by atoms with van der Waals surface area (Å²) in [5.41, 5.74) is 0.965. The fourth-order valence-electron chi connectivity index (χ4n) is 2.95. The highest BCUT2D eigenvalue weighted by molar-refractivity contribution is 7.17. The summed E-state index contributed by atoms with van der Waals surface area (Å²) in [6.07, 6.45) is 6.14. The molecular formula is C16H26N2OS. The largest absolute Gasteiger partial charge is 0.345 e. The van der Waals surface area contributed by atoms with E-state index in [0.717, 1.165) is 28.5 Å². The molecule has 0 atom stereocenters. The molecule has 4 heteroatoms. The molecule has 1 saturated carbocycles. The van der Waals surface area contributed by atoms with Gasteiger partial charge in [-0.3, -0.25) is 4.79 Å². The van der Waals surface area contributed by atoms with Crippen LogP contribution in [-0.4, -0.2) is 23.9 Å². The van der Waals surface area contributed by atoms with Crippen LogP contribution in [0.1, 0.15) is 74.7 Å². The minimum atomic E-state index is 0.310. The Morgan fingerprint density at radius 2 is 1.95 bits per heavy atom. The van der Waals surface area contributed by atoms with E-state index < -0.39 is 0 Å². The van der Waals surface area contributed by atoms with Gasteiger partial charge in [-0.05, 0) is 24.7 Å². The first-order valence-corrected chi connectivity index (χ1v) is 8.57. The van der Waals surface area contributed by atoms with E-state index in [1.165, 1.54) is 25.7 Å². The minimum Gasteiger partial charge on any atom is -0.345 e. The van der Waals surface area contributed by atoms with E-state index in [2.05, 4.69) is 32.6 Å². The predicted octanol–water partition coefficient (Wildman–Crippen LogP) is 4.48. The van der Waals surface area contributed by atoms with E-state index in [-0.39, 0.29) is 0 Å². The van der Waals surface area contributed by atoms with Crippen molar-refractivity contribution in [2.24, 2.45) is 5.92 Å². The Bertz CT molecular complexity index is 447. The normalized spacial score (nSPS) is 16.3. The lowest BCUT2D eigenvalue weighted by Gasteiger charge is -2.30. The van der Waals surface area contributed by atoms with Gasteiger partial charge in [0, 0.05) is 12.6 Å². The summed E-state index contributed by atoms with van der Waals surface area (Å²) in [4.78, 5) is 19.3. The summed E-state index contributed by atoms with van der Waals surface area (Å²) in [6, 6.07) is 0.614. The van der Waals surface area contributed by atoms with Gasteiger partial charge in [0.25, 0.3) is 0 Å². The lowest BCUT2D eigenvalue weighted by Crippen LogP contribution is -2.36. The van der Waals surface area contributed by atoms with Gasteiger partial charge in [-0.25, -0.2) is 4.98 Å². The SMILES string of the molecule is CC(C)CN(c1nc(C(C)C)c(C=O)s1)C1CCCC1. The highest BCUT2D eigenvalue weighted by atomic mass is 32.1. The van der Waals surface area contributed by atoms with Crippen LogP contribution in [0.3, 0.4) is 0 Å². The molecule has 0 radical (unpaired) electrons. The Kier molecular flexibility index (Phi) is 5.19. The van der Waals surface area contributed by atoms with Crippen LogP contribution in [0, 0.1) is 5.92 Å². The van der Waals surface area contributed by atoms with E-state index >= 15 is 0 Å². The van der Waals surface area contributed by atoms with Crippen LogP contribution in [0.2, 0.25) is 0 Å². The smallest absolute Gasteiger partial charge is 0.186 e. The molecule has 20 heavy (non-hydrogen) atoms. The number of thiazole rings is 1. The van der Waals surface area contributed by atoms with Gasteiger partial charge in [-0.2, -0.15) is 0 Å². The van der Waals surface area contributed by atoms with E-state index in [4.69, 9.17) is 4.98 Å². The van der Waals surface area contributed by atoms with E-state index in [1.54, 1.807) is 11.3 Å². The van der Waals surface area contributed by atoms with Crippen LogP contribution in [0.5, 0.6) is 0 Å². The van der Waals surface area contributed by atoms with E-state index in [0.29, 0.717) is 17.9 Å². The maximum Gasteiger partial charge on any atom is 0.186 e. The standard InChI is InChI=1S/C16H26N2OS/c1-11(2)9-18(13-7-5-6-8-13)16-17-15(12(3)4)14(10-19)20-16/h10-13H,5-9H2,1-4H3. The molecule has 1 heterocycles. The molecule has 0 N–H and O–H groups in total. The molecule has 112 valence electrons. The Hall–Kier alpha value is -0.900. The minimum absolute atomic E-state index is 0.310. The third kappa shape index (κ3) is 3.40. The molecule has 1 aromatic rings.